The number of piperidine rings is 1. The molecule has 4 rings (SSSR count). The van der Waals surface area contributed by atoms with Crippen molar-refractivity contribution in [2.45, 2.75) is 39.3 Å². The van der Waals surface area contributed by atoms with E-state index in [2.05, 4.69) is 4.98 Å². The van der Waals surface area contributed by atoms with Crippen LogP contribution in [0.5, 0.6) is 0 Å². The minimum atomic E-state index is -0.477. The Hall–Kier alpha value is -3.00. The number of hydrogen-bond donors (Lipinski definition) is 0. The summed E-state index contributed by atoms with van der Waals surface area (Å²) in [6.07, 6.45) is 4.52. The van der Waals surface area contributed by atoms with Crippen LogP contribution < -0.4 is 5.56 Å². The first-order chi connectivity index (χ1) is 14.5. The summed E-state index contributed by atoms with van der Waals surface area (Å²) in [7, 11) is 0. The second-order valence-corrected chi connectivity index (χ2v) is 8.42. The van der Waals surface area contributed by atoms with Gasteiger partial charge < -0.3 is 9.64 Å². The van der Waals surface area contributed by atoms with Crippen LogP contribution in [0.3, 0.4) is 0 Å². The fourth-order valence-corrected chi connectivity index (χ4v) is 4.68. The van der Waals surface area contributed by atoms with Crippen LogP contribution in [0.4, 0.5) is 0 Å². The Balaban J connectivity index is 1.54. The zero-order valence-corrected chi connectivity index (χ0v) is 17.6. The van der Waals surface area contributed by atoms with Gasteiger partial charge in [-0.05, 0) is 37.3 Å². The number of carbonyl (C=O) groups is 2. The first kappa shape index (κ1) is 20.3. The Morgan fingerprint density at radius 3 is 2.60 bits per heavy atom. The van der Waals surface area contributed by atoms with Crippen molar-refractivity contribution in [3.63, 3.8) is 0 Å². The fraction of sp³-hybridized carbons (Fsp3) is 0.364. The summed E-state index contributed by atoms with van der Waals surface area (Å²) < 4.78 is 6.74. The van der Waals surface area contributed by atoms with E-state index in [1.807, 2.05) is 30.3 Å². The molecular formula is C22H23N3O4S. The van der Waals surface area contributed by atoms with Crippen LogP contribution in [0.2, 0.25) is 0 Å². The molecule has 0 unspecified atom stereocenters. The van der Waals surface area contributed by atoms with Gasteiger partial charge in [-0.3, -0.25) is 14.2 Å². The van der Waals surface area contributed by atoms with Gasteiger partial charge in [-0.15, -0.1) is 11.3 Å². The molecule has 2 aromatic heterocycles. The van der Waals surface area contributed by atoms with Gasteiger partial charge in [0.1, 0.15) is 22.9 Å². The number of thiophene rings is 1. The number of carbonyl (C=O) groups excluding carboxylic acids is 2. The lowest BCUT2D eigenvalue weighted by Crippen LogP contribution is -2.39. The molecule has 1 saturated heterocycles. The maximum atomic E-state index is 13.0. The summed E-state index contributed by atoms with van der Waals surface area (Å²) in [5.74, 6) is -0.553. The lowest BCUT2D eigenvalue weighted by molar-refractivity contribution is -0.132. The minimum Gasteiger partial charge on any atom is -0.457 e. The van der Waals surface area contributed by atoms with E-state index in [4.69, 9.17) is 4.74 Å². The average molecular weight is 426 g/mol. The monoisotopic (exact) mass is 425 g/mol. The van der Waals surface area contributed by atoms with Crippen molar-refractivity contribution in [2.24, 2.45) is 0 Å². The van der Waals surface area contributed by atoms with E-state index in [1.54, 1.807) is 11.8 Å². The number of amides is 1. The number of nitrogens with zero attached hydrogens (tertiary/aromatic N) is 3. The van der Waals surface area contributed by atoms with Gasteiger partial charge in [0.05, 0.1) is 11.7 Å². The van der Waals surface area contributed by atoms with E-state index in [-0.39, 0.29) is 24.6 Å². The Morgan fingerprint density at radius 1 is 1.13 bits per heavy atom. The number of aromatic nitrogens is 2. The molecule has 3 aromatic rings. The number of ether oxygens (including phenoxy) is 1. The summed E-state index contributed by atoms with van der Waals surface area (Å²) in [6.45, 7) is 3.31. The van der Waals surface area contributed by atoms with E-state index in [0.29, 0.717) is 20.7 Å². The highest BCUT2D eigenvalue weighted by molar-refractivity contribution is 7.20. The number of fused-ring (bicyclic) bond motifs is 1. The highest BCUT2D eigenvalue weighted by Crippen LogP contribution is 2.27. The molecule has 0 saturated carbocycles. The maximum absolute atomic E-state index is 13.0. The molecule has 0 radical (unpaired) electrons. The quantitative estimate of drug-likeness (QED) is 0.587. The Morgan fingerprint density at radius 2 is 1.87 bits per heavy atom. The van der Waals surface area contributed by atoms with Gasteiger partial charge in [0, 0.05) is 13.1 Å². The van der Waals surface area contributed by atoms with Gasteiger partial charge in [-0.25, -0.2) is 9.78 Å². The highest BCUT2D eigenvalue weighted by Gasteiger charge is 2.22. The summed E-state index contributed by atoms with van der Waals surface area (Å²) >= 11 is 1.14. The third kappa shape index (κ3) is 4.14. The molecular weight excluding hydrogens is 402 g/mol. The van der Waals surface area contributed by atoms with Crippen LogP contribution >= 0.6 is 11.3 Å². The van der Waals surface area contributed by atoms with Crippen LogP contribution in [0, 0.1) is 6.92 Å². The zero-order valence-electron chi connectivity index (χ0n) is 16.8. The van der Waals surface area contributed by atoms with Crippen LogP contribution in [0.15, 0.2) is 41.5 Å². The van der Waals surface area contributed by atoms with Crippen molar-refractivity contribution >= 4 is 33.4 Å². The number of aryl methyl sites for hydroxylation is 1. The van der Waals surface area contributed by atoms with Crippen LogP contribution in [0.1, 0.15) is 40.1 Å². The van der Waals surface area contributed by atoms with E-state index in [9.17, 15) is 14.4 Å². The van der Waals surface area contributed by atoms with E-state index in [0.717, 1.165) is 49.3 Å². The molecule has 1 aromatic carbocycles. The molecule has 1 aliphatic rings. The van der Waals surface area contributed by atoms with Crippen LogP contribution in [-0.4, -0.2) is 39.4 Å². The van der Waals surface area contributed by atoms with Gasteiger partial charge in [0.15, 0.2) is 0 Å². The molecule has 1 fully saturated rings. The Kier molecular flexibility index (Phi) is 5.94. The smallest absolute Gasteiger partial charge is 0.349 e. The summed E-state index contributed by atoms with van der Waals surface area (Å²) in [6, 6.07) is 9.42. The number of hydrogen-bond acceptors (Lipinski definition) is 6. The van der Waals surface area contributed by atoms with Crippen molar-refractivity contribution in [1.82, 2.24) is 14.5 Å². The number of likely N-dealkylation sites (tertiary alicyclic amines) is 1. The third-order valence-corrected chi connectivity index (χ3v) is 6.51. The molecule has 0 spiro atoms. The van der Waals surface area contributed by atoms with Crippen LogP contribution in [-0.2, 0) is 22.7 Å². The highest BCUT2D eigenvalue weighted by atomic mass is 32.1. The number of esters is 1. The van der Waals surface area contributed by atoms with E-state index < -0.39 is 5.97 Å². The lowest BCUT2D eigenvalue weighted by Gasteiger charge is -2.26. The molecule has 30 heavy (non-hydrogen) atoms. The van der Waals surface area contributed by atoms with E-state index in [1.165, 1.54) is 10.9 Å². The van der Waals surface area contributed by atoms with Gasteiger partial charge in [-0.1, -0.05) is 30.3 Å². The van der Waals surface area contributed by atoms with Crippen molar-refractivity contribution in [3.05, 3.63) is 63.0 Å². The third-order valence-electron chi connectivity index (χ3n) is 5.33. The Labute approximate surface area is 177 Å². The van der Waals surface area contributed by atoms with Gasteiger partial charge in [-0.2, -0.15) is 0 Å². The first-order valence-electron chi connectivity index (χ1n) is 10.0. The molecule has 3 heterocycles. The number of rotatable bonds is 5. The normalized spacial score (nSPS) is 14.1. The molecule has 1 aliphatic heterocycles. The molecule has 0 aliphatic carbocycles. The molecule has 1 amide bonds. The SMILES string of the molecule is Cc1c(C(=O)OCc2ccccc2)sc2ncn(CC(=O)N3CCCCC3)c(=O)c12. The van der Waals surface area contributed by atoms with Gasteiger partial charge in [0.2, 0.25) is 5.91 Å². The second-order valence-electron chi connectivity index (χ2n) is 7.42. The average Bonchev–Trinajstić information content (AvgIpc) is 3.12. The topological polar surface area (TPSA) is 81.5 Å². The van der Waals surface area contributed by atoms with E-state index >= 15 is 0 Å². The molecule has 0 N–H and O–H groups in total. The fourth-order valence-electron chi connectivity index (χ4n) is 3.64. The predicted molar refractivity (Wildman–Crippen MR) is 115 cm³/mol. The standard InChI is InChI=1S/C22H23N3O4S/c1-15-18-20(30-19(15)22(28)29-13-16-8-4-2-5-9-16)23-14-25(21(18)27)12-17(26)24-10-6-3-7-11-24/h2,4-5,8-9,14H,3,6-7,10-13H2,1H3. The predicted octanol–water partition coefficient (Wildman–Crippen LogP) is 3.14. The largest absolute Gasteiger partial charge is 0.457 e. The molecule has 156 valence electrons. The molecule has 0 atom stereocenters. The van der Waals surface area contributed by atoms with Crippen molar-refractivity contribution < 1.29 is 14.3 Å². The first-order valence-corrected chi connectivity index (χ1v) is 10.8. The van der Waals surface area contributed by atoms with Crippen LogP contribution in [0.25, 0.3) is 10.2 Å². The van der Waals surface area contributed by atoms with Crippen molar-refractivity contribution in [1.29, 1.82) is 0 Å². The molecule has 0 bridgehead atoms. The molecule has 8 heteroatoms. The maximum Gasteiger partial charge on any atom is 0.349 e. The van der Waals surface area contributed by atoms with Crippen molar-refractivity contribution in [3.8, 4) is 0 Å². The summed E-state index contributed by atoms with van der Waals surface area (Å²) in [5, 5.41) is 0.376. The zero-order chi connectivity index (χ0) is 21.1. The number of benzene rings is 1. The summed E-state index contributed by atoms with van der Waals surface area (Å²) in [4.78, 5) is 45.1. The molecule has 7 nitrogen and oxygen atoms in total. The van der Waals surface area contributed by atoms with Gasteiger partial charge >= 0.3 is 5.97 Å². The van der Waals surface area contributed by atoms with Gasteiger partial charge in [0.25, 0.3) is 5.56 Å². The van der Waals surface area contributed by atoms with Crippen molar-refractivity contribution in [2.75, 3.05) is 13.1 Å². The summed E-state index contributed by atoms with van der Waals surface area (Å²) in [5.41, 5.74) is 1.13. The lowest BCUT2D eigenvalue weighted by atomic mass is 10.1. The minimum absolute atomic E-state index is 0.0369. The second kappa shape index (κ2) is 8.79. The Bertz CT molecular complexity index is 1130.